The third-order valence-corrected chi connectivity index (χ3v) is 11.1. The third kappa shape index (κ3) is 5.21. The average molecular weight is 713 g/mol. The molecule has 54 heavy (non-hydrogen) atoms. The molecule has 6 nitrogen and oxygen atoms in total. The first-order valence-corrected chi connectivity index (χ1v) is 18.5. The third-order valence-electron chi connectivity index (χ3n) is 10.0. The smallest absolute Gasteiger partial charge is 0.227 e. The summed E-state index contributed by atoms with van der Waals surface area (Å²) in [6.45, 7) is 0. The van der Waals surface area contributed by atoms with Crippen molar-refractivity contribution < 1.29 is 8.83 Å². The number of hydrogen-bond acceptors (Lipinski definition) is 7. The Morgan fingerprint density at radius 1 is 0.444 bits per heavy atom. The SMILES string of the molecule is c1ccc2oc(-c3ccc(N(c4ccc(-c5nc6ccccc6o5)cc4)c4ccc5cc(-c6ccc7c(c6)sc6cnccc67)ccc5c4)cc3)nc2c1. The van der Waals surface area contributed by atoms with Crippen molar-refractivity contribution >= 4 is 81.5 Å². The van der Waals surface area contributed by atoms with Crippen LogP contribution in [0.3, 0.4) is 0 Å². The van der Waals surface area contributed by atoms with E-state index in [9.17, 15) is 0 Å². The van der Waals surface area contributed by atoms with Crippen molar-refractivity contribution in [3.05, 3.63) is 170 Å². The number of aromatic nitrogens is 3. The molecule has 0 bridgehead atoms. The zero-order valence-corrected chi connectivity index (χ0v) is 29.5. The molecule has 0 unspecified atom stereocenters. The van der Waals surface area contributed by atoms with Crippen molar-refractivity contribution in [1.29, 1.82) is 0 Å². The molecule has 0 aliphatic carbocycles. The largest absolute Gasteiger partial charge is 0.436 e. The van der Waals surface area contributed by atoms with Gasteiger partial charge in [0.2, 0.25) is 11.8 Å². The van der Waals surface area contributed by atoms with Crippen molar-refractivity contribution in [2.24, 2.45) is 0 Å². The van der Waals surface area contributed by atoms with Crippen LogP contribution in [0.5, 0.6) is 0 Å². The van der Waals surface area contributed by atoms with E-state index in [2.05, 4.69) is 119 Å². The first kappa shape index (κ1) is 30.5. The highest BCUT2D eigenvalue weighted by molar-refractivity contribution is 7.25. The topological polar surface area (TPSA) is 68.2 Å². The molecule has 0 atom stereocenters. The van der Waals surface area contributed by atoms with Crippen LogP contribution >= 0.6 is 11.3 Å². The number of hydrogen-bond donors (Lipinski definition) is 0. The number of anilines is 3. The first-order chi connectivity index (χ1) is 26.7. The van der Waals surface area contributed by atoms with Crippen LogP contribution in [-0.4, -0.2) is 15.0 Å². The Hall–Kier alpha value is -7.09. The summed E-state index contributed by atoms with van der Waals surface area (Å²) in [6.07, 6.45) is 3.82. The summed E-state index contributed by atoms with van der Waals surface area (Å²) in [6, 6.07) is 54.7. The lowest BCUT2D eigenvalue weighted by Crippen LogP contribution is -2.09. The van der Waals surface area contributed by atoms with E-state index in [0.29, 0.717) is 11.8 Å². The van der Waals surface area contributed by atoms with Gasteiger partial charge in [0.25, 0.3) is 0 Å². The summed E-state index contributed by atoms with van der Waals surface area (Å²) in [5.74, 6) is 1.20. The molecule has 11 rings (SSSR count). The zero-order valence-electron chi connectivity index (χ0n) is 28.7. The molecule has 0 N–H and O–H groups in total. The van der Waals surface area contributed by atoms with Gasteiger partial charge >= 0.3 is 0 Å². The predicted molar refractivity (Wildman–Crippen MR) is 221 cm³/mol. The maximum absolute atomic E-state index is 6.08. The molecule has 7 heteroatoms. The lowest BCUT2D eigenvalue weighted by atomic mass is 9.99. The number of oxazole rings is 2. The molecule has 0 spiro atoms. The van der Waals surface area contributed by atoms with E-state index in [-0.39, 0.29) is 0 Å². The van der Waals surface area contributed by atoms with Crippen LogP contribution in [0.2, 0.25) is 0 Å². The van der Waals surface area contributed by atoms with Crippen LogP contribution < -0.4 is 4.90 Å². The van der Waals surface area contributed by atoms with Crippen molar-refractivity contribution in [2.45, 2.75) is 0 Å². The van der Waals surface area contributed by atoms with Crippen molar-refractivity contribution in [3.63, 3.8) is 0 Å². The minimum Gasteiger partial charge on any atom is -0.436 e. The molecule has 0 amide bonds. The van der Waals surface area contributed by atoms with Gasteiger partial charge in [-0.05, 0) is 125 Å². The Kier molecular flexibility index (Phi) is 6.93. The van der Waals surface area contributed by atoms with Gasteiger partial charge in [-0.1, -0.05) is 54.6 Å². The summed E-state index contributed by atoms with van der Waals surface area (Å²) < 4.78 is 14.6. The molecular weight excluding hydrogens is 685 g/mol. The van der Waals surface area contributed by atoms with Crippen LogP contribution in [-0.2, 0) is 0 Å². The van der Waals surface area contributed by atoms with E-state index in [1.54, 1.807) is 11.3 Å². The van der Waals surface area contributed by atoms with Crippen LogP contribution in [0.1, 0.15) is 0 Å². The highest BCUT2D eigenvalue weighted by atomic mass is 32.1. The van der Waals surface area contributed by atoms with Crippen molar-refractivity contribution in [2.75, 3.05) is 4.90 Å². The fourth-order valence-corrected chi connectivity index (χ4v) is 8.42. The molecule has 0 aliphatic rings. The Balaban J connectivity index is 0.972. The monoisotopic (exact) mass is 712 g/mol. The predicted octanol–water partition coefficient (Wildman–Crippen LogP) is 13.4. The number of thiophene rings is 1. The second-order valence-electron chi connectivity index (χ2n) is 13.3. The van der Waals surface area contributed by atoms with Gasteiger partial charge in [0.05, 0.1) is 4.70 Å². The minimum absolute atomic E-state index is 0.599. The molecular formula is C47H28N4O2S. The molecule has 0 aliphatic heterocycles. The lowest BCUT2D eigenvalue weighted by Gasteiger charge is -2.26. The maximum atomic E-state index is 6.08. The molecule has 4 heterocycles. The van der Waals surface area contributed by atoms with Gasteiger partial charge in [0, 0.05) is 56.1 Å². The number of benzene rings is 7. The molecule has 11 aromatic rings. The number of pyridine rings is 1. The van der Waals surface area contributed by atoms with E-state index in [1.807, 2.05) is 60.9 Å². The second-order valence-corrected chi connectivity index (χ2v) is 14.4. The Morgan fingerprint density at radius 2 is 0.981 bits per heavy atom. The summed E-state index contributed by atoms with van der Waals surface area (Å²) in [7, 11) is 0. The quantitative estimate of drug-likeness (QED) is 0.171. The Labute approximate surface area is 313 Å². The van der Waals surface area contributed by atoms with E-state index >= 15 is 0 Å². The molecule has 7 aromatic carbocycles. The molecule has 0 saturated heterocycles. The fourth-order valence-electron chi connectivity index (χ4n) is 7.31. The fraction of sp³-hybridized carbons (Fsp3) is 0. The van der Waals surface area contributed by atoms with Gasteiger partial charge in [-0.15, -0.1) is 11.3 Å². The average Bonchev–Trinajstić information content (AvgIpc) is 3.96. The molecule has 0 radical (unpaired) electrons. The summed E-state index contributed by atoms with van der Waals surface area (Å²) in [4.78, 5) is 16.0. The van der Waals surface area contributed by atoms with Crippen LogP contribution in [0.4, 0.5) is 17.1 Å². The second kappa shape index (κ2) is 12.3. The molecule has 254 valence electrons. The zero-order chi connectivity index (χ0) is 35.6. The standard InChI is InChI=1S/C47H28N4O2S/c1-3-7-42-40(5-1)49-46(52-42)29-11-17-35(18-12-29)51(36-19-13-30(14-20-36)47-50-41-6-2-4-8-43(41)53-47)37-21-15-32-25-31(9-10-33(32)26-37)34-16-22-38-39-23-24-48-28-45(39)54-44(38)27-34/h1-28H. The van der Waals surface area contributed by atoms with E-state index in [0.717, 1.165) is 55.8 Å². The molecule has 0 saturated carbocycles. The Morgan fingerprint density at radius 3 is 1.65 bits per heavy atom. The summed E-state index contributed by atoms with van der Waals surface area (Å²) in [5, 5.41) is 4.86. The van der Waals surface area contributed by atoms with E-state index in [1.165, 1.54) is 36.7 Å². The van der Waals surface area contributed by atoms with Gasteiger partial charge < -0.3 is 13.7 Å². The Bertz CT molecular complexity index is 2990. The maximum Gasteiger partial charge on any atom is 0.227 e. The number of para-hydroxylation sites is 4. The van der Waals surface area contributed by atoms with Crippen LogP contribution in [0, 0.1) is 0 Å². The number of fused-ring (bicyclic) bond motifs is 6. The molecule has 0 fully saturated rings. The van der Waals surface area contributed by atoms with E-state index < -0.39 is 0 Å². The normalized spacial score (nSPS) is 11.7. The molecule has 4 aromatic heterocycles. The van der Waals surface area contributed by atoms with Gasteiger partial charge in [-0.3, -0.25) is 4.98 Å². The number of rotatable bonds is 6. The van der Waals surface area contributed by atoms with Crippen molar-refractivity contribution in [3.8, 4) is 34.0 Å². The first-order valence-electron chi connectivity index (χ1n) is 17.7. The van der Waals surface area contributed by atoms with Crippen LogP contribution in [0.25, 0.3) is 87.2 Å². The van der Waals surface area contributed by atoms with Gasteiger partial charge in [-0.2, -0.15) is 0 Å². The highest BCUT2D eigenvalue weighted by Crippen LogP contribution is 2.40. The van der Waals surface area contributed by atoms with Gasteiger partial charge in [-0.25, -0.2) is 9.97 Å². The van der Waals surface area contributed by atoms with Gasteiger partial charge in [0.1, 0.15) is 11.0 Å². The van der Waals surface area contributed by atoms with Crippen molar-refractivity contribution in [1.82, 2.24) is 15.0 Å². The summed E-state index contributed by atoms with van der Waals surface area (Å²) >= 11 is 1.79. The van der Waals surface area contributed by atoms with E-state index in [4.69, 9.17) is 18.8 Å². The highest BCUT2D eigenvalue weighted by Gasteiger charge is 2.17. The summed E-state index contributed by atoms with van der Waals surface area (Å²) in [5.41, 5.74) is 10.5. The lowest BCUT2D eigenvalue weighted by molar-refractivity contribution is 0.619. The van der Waals surface area contributed by atoms with Gasteiger partial charge in [0.15, 0.2) is 11.2 Å². The minimum atomic E-state index is 0.599. The number of nitrogens with zero attached hydrogens (tertiary/aromatic N) is 4. The van der Waals surface area contributed by atoms with Crippen LogP contribution in [0.15, 0.2) is 179 Å².